The van der Waals surface area contributed by atoms with E-state index < -0.39 is 6.10 Å². The maximum absolute atomic E-state index is 13.5. The van der Waals surface area contributed by atoms with Crippen LogP contribution in [0.2, 0.25) is 0 Å². The molecule has 1 aromatic heterocycles. The number of aliphatic hydroxyl groups is 1. The second-order valence-electron chi connectivity index (χ2n) is 8.17. The van der Waals surface area contributed by atoms with Crippen molar-refractivity contribution < 1.29 is 14.3 Å². The molecule has 1 heterocycles. The molecule has 1 aliphatic carbocycles. The predicted octanol–water partition coefficient (Wildman–Crippen LogP) is 5.04. The van der Waals surface area contributed by atoms with E-state index in [1.807, 2.05) is 60.7 Å². The monoisotopic (exact) mass is 463 g/mol. The summed E-state index contributed by atoms with van der Waals surface area (Å²) in [7, 11) is 0. The maximum Gasteiger partial charge on any atom is 0.201 e. The second-order valence-corrected chi connectivity index (χ2v) is 8.17. The molecule has 1 aliphatic rings. The molecule has 5 nitrogen and oxygen atoms in total. The van der Waals surface area contributed by atoms with Gasteiger partial charge in [-0.2, -0.15) is 0 Å². The van der Waals surface area contributed by atoms with E-state index in [0.29, 0.717) is 40.6 Å². The molecule has 4 aromatic rings. The second kappa shape index (κ2) is 10.2. The number of hydrogen-bond acceptors (Lipinski definition) is 5. The molecule has 2 N–H and O–H groups in total. The molecular formula is C27H26ClNO4. The van der Waals surface area contributed by atoms with Gasteiger partial charge in [0, 0.05) is 24.2 Å². The van der Waals surface area contributed by atoms with E-state index in [4.69, 9.17) is 9.15 Å². The molecule has 1 fully saturated rings. The van der Waals surface area contributed by atoms with E-state index in [-0.39, 0.29) is 24.4 Å². The van der Waals surface area contributed by atoms with Gasteiger partial charge in [0.2, 0.25) is 5.43 Å². The number of rotatable bonds is 8. The number of nitrogens with one attached hydrogen (secondary N) is 1. The van der Waals surface area contributed by atoms with Crippen LogP contribution in [0.25, 0.3) is 33.4 Å². The van der Waals surface area contributed by atoms with Crippen molar-refractivity contribution in [3.63, 3.8) is 0 Å². The third kappa shape index (κ3) is 5.28. The minimum absolute atomic E-state index is 0. The molecule has 1 atom stereocenters. The Morgan fingerprint density at radius 2 is 1.64 bits per heavy atom. The van der Waals surface area contributed by atoms with E-state index in [1.165, 1.54) is 12.8 Å². The minimum Gasteiger partial charge on any atom is -0.491 e. The Morgan fingerprint density at radius 3 is 2.30 bits per heavy atom. The smallest absolute Gasteiger partial charge is 0.201 e. The van der Waals surface area contributed by atoms with Gasteiger partial charge in [0.1, 0.15) is 29.8 Å². The van der Waals surface area contributed by atoms with Crippen LogP contribution in [0.1, 0.15) is 12.8 Å². The number of ether oxygens (including phenoxy) is 1. The van der Waals surface area contributed by atoms with Crippen LogP contribution in [-0.2, 0) is 0 Å². The number of hydrogen-bond donors (Lipinski definition) is 2. The largest absolute Gasteiger partial charge is 0.491 e. The van der Waals surface area contributed by atoms with Crippen LogP contribution in [0, 0.1) is 0 Å². The maximum atomic E-state index is 13.5. The Balaban J connectivity index is 0.00000259. The van der Waals surface area contributed by atoms with Crippen LogP contribution < -0.4 is 15.5 Å². The van der Waals surface area contributed by atoms with Gasteiger partial charge in [0.05, 0.1) is 10.9 Å². The van der Waals surface area contributed by atoms with Crippen molar-refractivity contribution in [2.45, 2.75) is 25.0 Å². The molecule has 0 spiro atoms. The molecule has 6 heteroatoms. The molecule has 1 unspecified atom stereocenters. The fourth-order valence-corrected chi connectivity index (χ4v) is 3.76. The number of aliphatic hydroxyl groups excluding tert-OH is 1. The zero-order chi connectivity index (χ0) is 21.9. The number of halogens is 1. The van der Waals surface area contributed by atoms with Gasteiger partial charge >= 0.3 is 0 Å². The number of benzene rings is 3. The average molecular weight is 464 g/mol. The molecule has 0 saturated heterocycles. The summed E-state index contributed by atoms with van der Waals surface area (Å²) in [6.45, 7) is 0.676. The van der Waals surface area contributed by atoms with Crippen LogP contribution in [0.4, 0.5) is 0 Å². The molecule has 0 amide bonds. The Bertz CT molecular complexity index is 1270. The quantitative estimate of drug-likeness (QED) is 0.383. The molecule has 33 heavy (non-hydrogen) atoms. The van der Waals surface area contributed by atoms with Crippen LogP contribution in [0.15, 0.2) is 88.1 Å². The Hall–Kier alpha value is -3.12. The molecule has 5 rings (SSSR count). The highest BCUT2D eigenvalue weighted by Gasteiger charge is 2.22. The van der Waals surface area contributed by atoms with Gasteiger partial charge in [-0.25, -0.2) is 0 Å². The third-order valence-electron chi connectivity index (χ3n) is 5.62. The van der Waals surface area contributed by atoms with Gasteiger partial charge in [0.15, 0.2) is 0 Å². The lowest BCUT2D eigenvalue weighted by atomic mass is 9.98. The molecule has 170 valence electrons. The van der Waals surface area contributed by atoms with E-state index >= 15 is 0 Å². The summed E-state index contributed by atoms with van der Waals surface area (Å²) < 4.78 is 12.1. The highest BCUT2D eigenvalue weighted by atomic mass is 35.5. The summed E-state index contributed by atoms with van der Waals surface area (Å²) in [6.07, 6.45) is 1.75. The lowest BCUT2D eigenvalue weighted by Crippen LogP contribution is -2.32. The summed E-state index contributed by atoms with van der Waals surface area (Å²) >= 11 is 0. The molecular weight excluding hydrogens is 438 g/mol. The Labute approximate surface area is 198 Å². The zero-order valence-electron chi connectivity index (χ0n) is 18.1. The van der Waals surface area contributed by atoms with Gasteiger partial charge in [-0.15, -0.1) is 12.4 Å². The summed E-state index contributed by atoms with van der Waals surface area (Å²) in [5.41, 5.74) is 2.56. The molecule has 0 bridgehead atoms. The van der Waals surface area contributed by atoms with Gasteiger partial charge in [-0.05, 0) is 30.5 Å². The zero-order valence-corrected chi connectivity index (χ0v) is 18.9. The van der Waals surface area contributed by atoms with Crippen molar-refractivity contribution in [2.24, 2.45) is 0 Å². The van der Waals surface area contributed by atoms with Gasteiger partial charge in [-0.1, -0.05) is 60.7 Å². The molecule has 0 radical (unpaired) electrons. The highest BCUT2D eigenvalue weighted by Crippen LogP contribution is 2.33. The van der Waals surface area contributed by atoms with Crippen LogP contribution in [-0.4, -0.2) is 30.4 Å². The first-order valence-electron chi connectivity index (χ1n) is 10.9. The van der Waals surface area contributed by atoms with Gasteiger partial charge in [-0.3, -0.25) is 4.79 Å². The van der Waals surface area contributed by atoms with Crippen molar-refractivity contribution in [3.8, 4) is 28.2 Å². The van der Waals surface area contributed by atoms with E-state index in [9.17, 15) is 9.90 Å². The predicted molar refractivity (Wildman–Crippen MR) is 133 cm³/mol. The first-order valence-corrected chi connectivity index (χ1v) is 10.9. The average Bonchev–Trinajstić information content (AvgIpc) is 3.67. The topological polar surface area (TPSA) is 71.7 Å². The van der Waals surface area contributed by atoms with Crippen molar-refractivity contribution in [1.82, 2.24) is 5.32 Å². The highest BCUT2D eigenvalue weighted by molar-refractivity contribution is 5.89. The van der Waals surface area contributed by atoms with Crippen molar-refractivity contribution in [1.29, 1.82) is 0 Å². The van der Waals surface area contributed by atoms with Crippen molar-refractivity contribution in [3.05, 3.63) is 89.1 Å². The summed E-state index contributed by atoms with van der Waals surface area (Å²) in [5.74, 6) is 1.08. The Kier molecular flexibility index (Phi) is 7.14. The molecule has 1 saturated carbocycles. The normalized spacial score (nSPS) is 14.0. The minimum atomic E-state index is -0.598. The van der Waals surface area contributed by atoms with Gasteiger partial charge < -0.3 is 19.6 Å². The summed E-state index contributed by atoms with van der Waals surface area (Å²) in [5, 5.41) is 13.9. The fourth-order valence-electron chi connectivity index (χ4n) is 3.76. The standard InChI is InChI=1S/C27H25NO4.ClH/c29-21(16-28-20-11-12-20)17-31-22-13-14-23-24(15-22)32-27(19-9-5-2-6-10-19)25(26(23)30)18-7-3-1-4-8-18;/h1-10,13-15,20-21,28-29H,11-12,16-17H2;1H. The van der Waals surface area contributed by atoms with Crippen LogP contribution in [0.5, 0.6) is 5.75 Å². The fraction of sp³-hybridized carbons (Fsp3) is 0.222. The lowest BCUT2D eigenvalue weighted by molar-refractivity contribution is 0.106. The van der Waals surface area contributed by atoms with Crippen LogP contribution >= 0.6 is 12.4 Å². The van der Waals surface area contributed by atoms with E-state index in [0.717, 1.165) is 11.1 Å². The van der Waals surface area contributed by atoms with Crippen molar-refractivity contribution >= 4 is 23.4 Å². The van der Waals surface area contributed by atoms with Gasteiger partial charge in [0.25, 0.3) is 0 Å². The van der Waals surface area contributed by atoms with Crippen LogP contribution in [0.3, 0.4) is 0 Å². The molecule has 0 aliphatic heterocycles. The van der Waals surface area contributed by atoms with E-state index in [2.05, 4.69) is 5.32 Å². The van der Waals surface area contributed by atoms with Crippen molar-refractivity contribution in [2.75, 3.05) is 13.2 Å². The summed E-state index contributed by atoms with van der Waals surface area (Å²) in [4.78, 5) is 13.5. The van der Waals surface area contributed by atoms with E-state index in [1.54, 1.807) is 18.2 Å². The number of fused-ring (bicyclic) bond motifs is 1. The molecule has 3 aromatic carbocycles. The third-order valence-corrected chi connectivity index (χ3v) is 5.62. The Morgan fingerprint density at radius 1 is 0.970 bits per heavy atom. The lowest BCUT2D eigenvalue weighted by Gasteiger charge is -2.14. The first kappa shape index (κ1) is 23.1. The SMILES string of the molecule is Cl.O=c1c(-c2ccccc2)c(-c2ccccc2)oc2cc(OCC(O)CNC3CC3)ccc12. The summed E-state index contributed by atoms with van der Waals surface area (Å²) in [6, 6.07) is 24.9. The first-order chi connectivity index (χ1) is 15.7.